The van der Waals surface area contributed by atoms with Gasteiger partial charge in [-0.05, 0) is 68.6 Å². The van der Waals surface area contributed by atoms with Gasteiger partial charge in [-0.25, -0.2) is 0 Å². The number of nitrogens with zero attached hydrogens (tertiary/aromatic N) is 4. The summed E-state index contributed by atoms with van der Waals surface area (Å²) in [5.74, 6) is 0. The molecule has 1 heterocycles. The molecule has 5 N–H and O–H groups in total. The Kier molecular flexibility index (Phi) is 60.7. The van der Waals surface area contributed by atoms with Crippen LogP contribution in [0.2, 0.25) is 0 Å². The van der Waals surface area contributed by atoms with Crippen molar-refractivity contribution < 1.29 is 75.5 Å². The van der Waals surface area contributed by atoms with Gasteiger partial charge in [0, 0.05) is 52.4 Å². The van der Waals surface area contributed by atoms with E-state index in [9.17, 15) is 0 Å². The van der Waals surface area contributed by atoms with E-state index in [1.165, 1.54) is 44.3 Å². The van der Waals surface area contributed by atoms with Gasteiger partial charge in [0.05, 0.1) is 85.9 Å². The minimum absolute atomic E-state index is 0. The second-order valence-electron chi connectivity index (χ2n) is 15.2. The van der Waals surface area contributed by atoms with Crippen LogP contribution in [0.15, 0.2) is 91.0 Å². The molecular formula is C53H99N4NaO9. The Balaban J connectivity index is -0.000000252. The first-order chi connectivity index (χ1) is 31.4. The molecule has 0 aliphatic carbocycles. The minimum atomic E-state index is 0. The number of benzene rings is 3. The van der Waals surface area contributed by atoms with Gasteiger partial charge in [0.25, 0.3) is 0 Å². The summed E-state index contributed by atoms with van der Waals surface area (Å²) < 4.78 is 21.3. The average molecular weight is 959 g/mol. The van der Waals surface area contributed by atoms with E-state index >= 15 is 0 Å². The summed E-state index contributed by atoms with van der Waals surface area (Å²) in [5.41, 5.74) is 3.57. The maximum Gasteiger partial charge on any atom is 1.00 e. The number of ether oxygens (including phenoxy) is 4. The van der Waals surface area contributed by atoms with Crippen molar-refractivity contribution in [3.8, 4) is 0 Å². The molecule has 0 bridgehead atoms. The molecule has 0 amide bonds. The second-order valence-corrected chi connectivity index (χ2v) is 15.2. The van der Waals surface area contributed by atoms with E-state index < -0.39 is 0 Å². The van der Waals surface area contributed by atoms with E-state index in [1.807, 2.05) is 76.5 Å². The summed E-state index contributed by atoms with van der Waals surface area (Å²) >= 11 is 0. The van der Waals surface area contributed by atoms with E-state index in [2.05, 4.69) is 66.5 Å². The molecule has 67 heavy (non-hydrogen) atoms. The molecule has 386 valence electrons. The van der Waals surface area contributed by atoms with E-state index in [-0.39, 0.29) is 72.3 Å². The largest absolute Gasteiger partial charge is 1.00 e. The summed E-state index contributed by atoms with van der Waals surface area (Å²) in [6.07, 6.45) is 4.80. The van der Waals surface area contributed by atoms with Gasteiger partial charge < -0.3 is 55.7 Å². The van der Waals surface area contributed by atoms with Gasteiger partial charge in [-0.15, -0.1) is 0 Å². The molecule has 0 aromatic heterocycles. The van der Waals surface area contributed by atoms with Gasteiger partial charge in [0.2, 0.25) is 0 Å². The quantitative estimate of drug-likeness (QED) is 0.0342. The van der Waals surface area contributed by atoms with Gasteiger partial charge in [-0.1, -0.05) is 134 Å². The standard InChI is InChI=1S/C15H25NO.2C13H21NO3.C8H19NO.C2H4O.2CH4.Na.H/c1-3-10-16(11-4-2)12-13-17-14-15-8-6-5-7-9-15;2*15-9-6-14(7-10-16)8-11-17-12-13-4-2-1-3-5-13;1-3-5-9(6-4-2)7-8-10;1-2-3-1;;;;/h5-9H,3-4,10-14H2,1-2H3;2*1-5,15-16H,6-12H2;10H,3-8H2,1-2H3;1-2H2;2*1H4;;/q;;;;;;;+1;-1. The number of hydrogen-bond donors (Lipinski definition) is 5. The number of aliphatic hydroxyl groups is 5. The second kappa shape index (κ2) is 56.7. The van der Waals surface area contributed by atoms with Gasteiger partial charge in [0.15, 0.2) is 0 Å². The summed E-state index contributed by atoms with van der Waals surface area (Å²) in [4.78, 5) is 8.72. The minimum Gasteiger partial charge on any atom is -1.00 e. The molecule has 1 fully saturated rings. The predicted octanol–water partition coefficient (Wildman–Crippen LogP) is 3.81. The molecular weight excluding hydrogens is 860 g/mol. The predicted molar refractivity (Wildman–Crippen MR) is 276 cm³/mol. The molecule has 0 spiro atoms. The van der Waals surface area contributed by atoms with Crippen LogP contribution in [0.5, 0.6) is 0 Å². The number of hydrogen-bond acceptors (Lipinski definition) is 13. The number of rotatable bonds is 33. The maximum absolute atomic E-state index is 8.83. The molecule has 0 saturated carbocycles. The third-order valence-corrected chi connectivity index (χ3v) is 9.43. The fraction of sp³-hybridized carbons (Fsp3) is 0.660. The van der Waals surface area contributed by atoms with E-state index in [0.717, 1.165) is 76.8 Å². The SMILES string of the molecule is C.C.C1CO1.CCCN(CCC)CCO.CCCN(CCC)CCOCc1ccccc1.OCCN(CCO)CCOCc1ccccc1.OCCN(CCO)CCOCc1ccccc1.[H-].[Na+]. The first-order valence-corrected chi connectivity index (χ1v) is 23.8. The van der Waals surface area contributed by atoms with Crippen LogP contribution in [0.3, 0.4) is 0 Å². The van der Waals surface area contributed by atoms with Gasteiger partial charge in [-0.3, -0.25) is 9.80 Å². The summed E-state index contributed by atoms with van der Waals surface area (Å²) in [6, 6.07) is 30.4. The molecule has 0 atom stereocenters. The molecule has 0 radical (unpaired) electrons. The van der Waals surface area contributed by atoms with Crippen LogP contribution in [0.4, 0.5) is 0 Å². The van der Waals surface area contributed by atoms with Crippen LogP contribution in [-0.2, 0) is 38.8 Å². The van der Waals surface area contributed by atoms with Crippen molar-refractivity contribution in [2.24, 2.45) is 0 Å². The maximum atomic E-state index is 8.83. The number of aliphatic hydroxyl groups excluding tert-OH is 5. The molecule has 14 heteroatoms. The Bertz CT molecular complexity index is 1160. The first-order valence-electron chi connectivity index (χ1n) is 23.8. The third kappa shape index (κ3) is 48.9. The zero-order valence-corrected chi connectivity index (χ0v) is 43.3. The monoisotopic (exact) mass is 959 g/mol. The smallest absolute Gasteiger partial charge is 1.00 e. The van der Waals surface area contributed by atoms with Gasteiger partial charge in [0.1, 0.15) is 0 Å². The fourth-order valence-corrected chi connectivity index (χ4v) is 6.19. The average Bonchev–Trinajstić information content (AvgIpc) is 4.21. The molecule has 1 aliphatic rings. The number of epoxide rings is 1. The molecule has 3 aromatic carbocycles. The molecule has 4 rings (SSSR count). The zero-order chi connectivity index (χ0) is 47.0. The first kappa shape index (κ1) is 71.7. The van der Waals surface area contributed by atoms with Gasteiger partial charge in [-0.2, -0.15) is 0 Å². The Morgan fingerprint density at radius 3 is 0.791 bits per heavy atom. The molecule has 3 aromatic rings. The van der Waals surface area contributed by atoms with E-state index in [1.54, 1.807) is 0 Å². The van der Waals surface area contributed by atoms with Crippen LogP contribution in [0, 0.1) is 0 Å². The Labute approximate surface area is 433 Å². The van der Waals surface area contributed by atoms with Crippen molar-refractivity contribution in [3.05, 3.63) is 108 Å². The van der Waals surface area contributed by atoms with Crippen molar-refractivity contribution in [3.63, 3.8) is 0 Å². The molecule has 13 nitrogen and oxygen atoms in total. The normalized spacial score (nSPS) is 11.1. The van der Waals surface area contributed by atoms with E-state index in [0.29, 0.717) is 59.2 Å². The summed E-state index contributed by atoms with van der Waals surface area (Å²) in [6.45, 7) is 25.8. The van der Waals surface area contributed by atoms with Crippen molar-refractivity contribution in [1.29, 1.82) is 0 Å². The van der Waals surface area contributed by atoms with Crippen LogP contribution in [-0.4, -0.2) is 190 Å². The van der Waals surface area contributed by atoms with Crippen molar-refractivity contribution in [2.45, 2.75) is 88.1 Å². The Morgan fingerprint density at radius 2 is 0.597 bits per heavy atom. The van der Waals surface area contributed by atoms with Crippen LogP contribution >= 0.6 is 0 Å². The van der Waals surface area contributed by atoms with Crippen molar-refractivity contribution in [1.82, 2.24) is 19.6 Å². The van der Waals surface area contributed by atoms with Crippen molar-refractivity contribution >= 4 is 0 Å². The molecule has 1 aliphatic heterocycles. The topological polar surface area (TPSA) is 154 Å². The molecule has 1 saturated heterocycles. The molecule has 0 unspecified atom stereocenters. The van der Waals surface area contributed by atoms with Crippen molar-refractivity contribution in [2.75, 3.05) is 145 Å². The summed E-state index contributed by atoms with van der Waals surface area (Å²) in [5, 5.41) is 44.0. The van der Waals surface area contributed by atoms with Crippen LogP contribution in [0.1, 0.15) is 86.3 Å². The van der Waals surface area contributed by atoms with Crippen LogP contribution in [0.25, 0.3) is 0 Å². The summed E-state index contributed by atoms with van der Waals surface area (Å²) in [7, 11) is 0. The van der Waals surface area contributed by atoms with E-state index in [4.69, 9.17) is 39.7 Å². The van der Waals surface area contributed by atoms with Gasteiger partial charge >= 0.3 is 29.6 Å². The zero-order valence-electron chi connectivity index (χ0n) is 42.3. The third-order valence-electron chi connectivity index (χ3n) is 9.43. The fourth-order valence-electron chi connectivity index (χ4n) is 6.19. The Morgan fingerprint density at radius 1 is 0.388 bits per heavy atom. The van der Waals surface area contributed by atoms with Crippen LogP contribution < -0.4 is 29.6 Å². The Hall–Kier alpha value is -1.86.